The molecule has 0 radical (unpaired) electrons. The number of hydrogen-bond acceptors (Lipinski definition) is 7. The predicted molar refractivity (Wildman–Crippen MR) is 129 cm³/mol. The zero-order valence-corrected chi connectivity index (χ0v) is 23.7. The van der Waals surface area contributed by atoms with Crippen molar-refractivity contribution in [2.75, 3.05) is 16.8 Å². The Hall–Kier alpha value is -2.04. The molecular formula is C20H16ClFKN5O5S2. The van der Waals surface area contributed by atoms with E-state index in [1.807, 2.05) is 4.72 Å². The van der Waals surface area contributed by atoms with Crippen molar-refractivity contribution in [3.8, 4) is 5.69 Å². The first-order valence-electron chi connectivity index (χ1n) is 9.45. The Morgan fingerprint density at radius 1 is 1.20 bits per heavy atom. The predicted octanol–water partition coefficient (Wildman–Crippen LogP) is 0.0965. The summed E-state index contributed by atoms with van der Waals surface area (Å²) in [5.74, 6) is -0.664. The van der Waals surface area contributed by atoms with Gasteiger partial charge in [0.05, 0.1) is 28.0 Å². The maximum atomic E-state index is 14.2. The summed E-state index contributed by atoms with van der Waals surface area (Å²) >= 11 is 6.91. The van der Waals surface area contributed by atoms with Crippen LogP contribution in [-0.4, -0.2) is 31.0 Å². The molecule has 15 heteroatoms. The van der Waals surface area contributed by atoms with E-state index >= 15 is 0 Å². The fourth-order valence-corrected chi connectivity index (χ4v) is 5.27. The minimum absolute atomic E-state index is 0. The van der Waals surface area contributed by atoms with Crippen LogP contribution in [0.4, 0.5) is 20.6 Å². The molecule has 2 amide bonds. The van der Waals surface area contributed by atoms with Crippen LogP contribution in [0.1, 0.15) is 1.43 Å². The second-order valence-electron chi connectivity index (χ2n) is 6.84. The molecule has 4 rings (SSSR count). The first-order chi connectivity index (χ1) is 16.1. The minimum Gasteiger partial charge on any atom is -1.00 e. The molecule has 2 heterocycles. The van der Waals surface area contributed by atoms with Crippen molar-refractivity contribution in [3.05, 3.63) is 80.6 Å². The number of sulfonamides is 1. The number of H-pyrrole nitrogens is 1. The summed E-state index contributed by atoms with van der Waals surface area (Å²) in [6.07, 6.45) is 0. The Labute approximate surface area is 250 Å². The molecule has 0 aliphatic rings. The second kappa shape index (κ2) is 10.9. The molecule has 178 valence electrons. The van der Waals surface area contributed by atoms with E-state index in [9.17, 15) is 27.2 Å². The van der Waals surface area contributed by atoms with Crippen molar-refractivity contribution in [1.29, 1.82) is 0 Å². The van der Waals surface area contributed by atoms with Gasteiger partial charge in [0.25, 0.3) is 15.6 Å². The molecular weight excluding hydrogens is 548 g/mol. The molecule has 0 saturated carbocycles. The first-order valence-corrected chi connectivity index (χ1v) is 12.2. The van der Waals surface area contributed by atoms with Crippen molar-refractivity contribution >= 4 is 61.4 Å². The molecule has 0 atom stereocenters. The first kappa shape index (κ1) is 27.5. The molecule has 3 N–H and O–H groups in total. The molecule has 2 aromatic carbocycles. The van der Waals surface area contributed by atoms with Gasteiger partial charge in [0.15, 0.2) is 0 Å². The summed E-state index contributed by atoms with van der Waals surface area (Å²) in [4.78, 5) is 40.3. The Kier molecular flexibility index (Phi) is 8.59. The summed E-state index contributed by atoms with van der Waals surface area (Å²) in [6, 6.07) is 9.32. The third-order valence-electron chi connectivity index (χ3n) is 4.75. The molecule has 0 fully saturated rings. The van der Waals surface area contributed by atoms with Gasteiger partial charge in [0, 0.05) is 18.8 Å². The van der Waals surface area contributed by atoms with E-state index in [0.717, 1.165) is 22.0 Å². The van der Waals surface area contributed by atoms with E-state index in [-0.39, 0.29) is 85.0 Å². The summed E-state index contributed by atoms with van der Waals surface area (Å²) in [6.45, 7) is 0. The Morgan fingerprint density at radius 2 is 1.89 bits per heavy atom. The van der Waals surface area contributed by atoms with Gasteiger partial charge in [-0.25, -0.2) is 36.1 Å². The van der Waals surface area contributed by atoms with Crippen molar-refractivity contribution < 1.29 is 70.4 Å². The maximum absolute atomic E-state index is 14.2. The zero-order chi connectivity index (χ0) is 24.6. The zero-order valence-electron chi connectivity index (χ0n) is 19.2. The molecule has 0 aliphatic carbocycles. The number of anilines is 2. The van der Waals surface area contributed by atoms with Crippen LogP contribution >= 0.6 is 23.1 Å². The number of hydrogen-bond donors (Lipinski definition) is 3. The van der Waals surface area contributed by atoms with Gasteiger partial charge in [-0.15, -0.1) is 11.3 Å². The quantitative estimate of drug-likeness (QED) is 0.233. The number of aromatic amines is 1. The molecule has 0 spiro atoms. The number of benzene rings is 2. The number of aromatic nitrogens is 2. The minimum atomic E-state index is -4.09. The standard InChI is InChI=1S/C20H15ClFN5O5S2.K.H/c1-23-16-10-15-13(9-14(16)22)18(28)26(19(29)24-15)11-4-6-12(7-5-11)27(21)20(30)25-34(31,32)17-3-2-8-33-17;;/h2-10,23H,1H3,(H,24,29)(H,25,30);;/q;+1;-1. The van der Waals surface area contributed by atoms with Gasteiger partial charge in [-0.05, 0) is 47.8 Å². The SMILES string of the molecule is CNc1cc2[nH]c(=O)n(-c3ccc(N(Cl)C(=O)NS(=O)(=O)c4cccs4)cc3)c(=O)c2cc1F.[H-].[K+]. The van der Waals surface area contributed by atoms with Crippen molar-refractivity contribution in [3.63, 3.8) is 0 Å². The van der Waals surface area contributed by atoms with Gasteiger partial charge >= 0.3 is 63.1 Å². The summed E-state index contributed by atoms with van der Waals surface area (Å²) in [7, 11) is -2.59. The Balaban J connectivity index is 0.00000228. The van der Waals surface area contributed by atoms with Crippen LogP contribution in [0.2, 0.25) is 0 Å². The van der Waals surface area contributed by atoms with Crippen LogP contribution in [-0.2, 0) is 10.0 Å². The average Bonchev–Trinajstić information content (AvgIpc) is 3.35. The topological polar surface area (TPSA) is 133 Å². The number of rotatable bonds is 5. The number of fused-ring (bicyclic) bond motifs is 1. The largest absolute Gasteiger partial charge is 1.00 e. The van der Waals surface area contributed by atoms with Crippen LogP contribution in [0, 0.1) is 5.82 Å². The van der Waals surface area contributed by atoms with E-state index in [4.69, 9.17) is 11.8 Å². The molecule has 0 bridgehead atoms. The summed E-state index contributed by atoms with van der Waals surface area (Å²) in [5.41, 5.74) is -1.06. The molecule has 35 heavy (non-hydrogen) atoms. The van der Waals surface area contributed by atoms with Gasteiger partial charge in [-0.3, -0.25) is 4.79 Å². The Morgan fingerprint density at radius 3 is 2.49 bits per heavy atom. The van der Waals surface area contributed by atoms with E-state index in [2.05, 4.69) is 10.3 Å². The molecule has 0 unspecified atom stereocenters. The fourth-order valence-electron chi connectivity index (χ4n) is 3.14. The smallest absolute Gasteiger partial charge is 1.00 e. The molecule has 0 saturated heterocycles. The number of urea groups is 1. The average molecular weight is 564 g/mol. The number of nitrogens with one attached hydrogen (secondary N) is 3. The fraction of sp³-hybridized carbons (Fsp3) is 0.0500. The molecule has 10 nitrogen and oxygen atoms in total. The third-order valence-corrected chi connectivity index (χ3v) is 7.82. The van der Waals surface area contributed by atoms with Gasteiger partial charge < -0.3 is 11.7 Å². The number of halogens is 2. The van der Waals surface area contributed by atoms with Crippen LogP contribution in [0.3, 0.4) is 0 Å². The van der Waals surface area contributed by atoms with Crippen molar-refractivity contribution in [1.82, 2.24) is 14.3 Å². The van der Waals surface area contributed by atoms with Crippen molar-refractivity contribution in [2.24, 2.45) is 0 Å². The van der Waals surface area contributed by atoms with Gasteiger partial charge in [0.1, 0.15) is 10.0 Å². The number of carbonyl (C=O) groups is 1. The van der Waals surface area contributed by atoms with Crippen molar-refractivity contribution in [2.45, 2.75) is 4.21 Å². The van der Waals surface area contributed by atoms with Crippen LogP contribution in [0.5, 0.6) is 0 Å². The van der Waals surface area contributed by atoms with Crippen LogP contribution in [0.15, 0.2) is 67.7 Å². The van der Waals surface area contributed by atoms with E-state index in [1.165, 1.54) is 49.5 Å². The van der Waals surface area contributed by atoms with Gasteiger partial charge in [-0.1, -0.05) is 6.07 Å². The van der Waals surface area contributed by atoms with E-state index < -0.39 is 33.1 Å². The summed E-state index contributed by atoms with van der Waals surface area (Å²) < 4.78 is 41.7. The van der Waals surface area contributed by atoms with E-state index in [0.29, 0.717) is 4.42 Å². The third kappa shape index (κ3) is 5.54. The normalized spacial score (nSPS) is 11.1. The summed E-state index contributed by atoms with van der Waals surface area (Å²) in [5, 5.41) is 4.13. The van der Waals surface area contributed by atoms with Gasteiger partial charge in [-0.2, -0.15) is 0 Å². The maximum Gasteiger partial charge on any atom is 1.00 e. The van der Waals surface area contributed by atoms with Crippen LogP contribution < -0.4 is 77.1 Å². The number of thiophene rings is 1. The Bertz CT molecular complexity index is 1630. The molecule has 4 aromatic rings. The van der Waals surface area contributed by atoms with Crippen LogP contribution in [0.25, 0.3) is 16.6 Å². The number of amides is 2. The van der Waals surface area contributed by atoms with E-state index in [1.54, 1.807) is 5.38 Å². The second-order valence-corrected chi connectivity index (χ2v) is 10.0. The number of carbonyl (C=O) groups excluding carboxylic acids is 1. The monoisotopic (exact) mass is 563 g/mol. The van der Waals surface area contributed by atoms with Gasteiger partial charge in [0.2, 0.25) is 0 Å². The molecule has 0 aliphatic heterocycles. The molecule has 2 aromatic heterocycles. The number of nitrogens with zero attached hydrogens (tertiary/aromatic N) is 2.